The van der Waals surface area contributed by atoms with Crippen LogP contribution in [0.1, 0.15) is 6.42 Å². The molecule has 0 amide bonds. The van der Waals surface area contributed by atoms with Crippen LogP contribution in [0.25, 0.3) is 0 Å². The molecule has 0 aromatic rings. The molecule has 0 atom stereocenters. The van der Waals surface area contributed by atoms with Gasteiger partial charge in [-0.05, 0) is 0 Å². The number of cyclic esters (lactones) is 1. The summed E-state index contributed by atoms with van der Waals surface area (Å²) in [6.45, 7) is 1.75. The highest BCUT2D eigenvalue weighted by Crippen LogP contribution is 2.00. The molecule has 1 fully saturated rings. The van der Waals surface area contributed by atoms with Crippen LogP contribution >= 0.6 is 0 Å². The van der Waals surface area contributed by atoms with Gasteiger partial charge in [0.15, 0.2) is 0 Å². The lowest BCUT2D eigenvalue weighted by molar-refractivity contribution is -0.155. The summed E-state index contributed by atoms with van der Waals surface area (Å²) in [6, 6.07) is 0. The van der Waals surface area contributed by atoms with Gasteiger partial charge >= 0.3 is 5.97 Å². The average Bonchev–Trinajstić information content (AvgIpc) is 1.95. The third-order valence-corrected chi connectivity index (χ3v) is 1.46. The third kappa shape index (κ3) is 1.97. The molecule has 0 radical (unpaired) electrons. The number of ether oxygens (including phenoxy) is 1. The van der Waals surface area contributed by atoms with Crippen LogP contribution in [0.3, 0.4) is 0 Å². The summed E-state index contributed by atoms with van der Waals surface area (Å²) >= 11 is 0. The first-order valence-electron chi connectivity index (χ1n) is 3.32. The van der Waals surface area contributed by atoms with Crippen molar-refractivity contribution in [3.8, 4) is 0 Å². The molecule has 0 aromatic heterocycles. The lowest BCUT2D eigenvalue weighted by atomic mass is 10.3. The zero-order chi connectivity index (χ0) is 7.40. The number of nitrogens with zero attached hydrogens (tertiary/aromatic N) is 1. The Labute approximate surface area is 59.4 Å². The molecule has 10 heavy (non-hydrogen) atoms. The van der Waals surface area contributed by atoms with Gasteiger partial charge < -0.3 is 9.84 Å². The van der Waals surface area contributed by atoms with Crippen LogP contribution in [0.2, 0.25) is 0 Å². The van der Waals surface area contributed by atoms with Gasteiger partial charge in [-0.15, -0.1) is 0 Å². The summed E-state index contributed by atoms with van der Waals surface area (Å²) in [7, 11) is 0. The van der Waals surface area contributed by atoms with Gasteiger partial charge in [-0.2, -0.15) is 0 Å². The predicted molar refractivity (Wildman–Crippen MR) is 34.2 cm³/mol. The lowest BCUT2D eigenvalue weighted by Crippen LogP contribution is -2.37. The largest absolute Gasteiger partial charge is 0.449 e. The van der Waals surface area contributed by atoms with Gasteiger partial charge in [-0.3, -0.25) is 9.69 Å². The van der Waals surface area contributed by atoms with Gasteiger partial charge in [0.25, 0.3) is 0 Å². The molecular formula is C6H11NO3. The number of aliphatic hydroxyl groups is 1. The van der Waals surface area contributed by atoms with E-state index in [9.17, 15) is 4.79 Å². The van der Waals surface area contributed by atoms with E-state index in [0.717, 1.165) is 0 Å². The number of esters is 1. The van der Waals surface area contributed by atoms with Crippen molar-refractivity contribution in [2.24, 2.45) is 0 Å². The van der Waals surface area contributed by atoms with Crippen molar-refractivity contribution in [3.63, 3.8) is 0 Å². The molecular weight excluding hydrogens is 134 g/mol. The summed E-state index contributed by atoms with van der Waals surface area (Å²) in [5.74, 6) is -0.144. The predicted octanol–water partition coefficient (Wildman–Crippen LogP) is -0.815. The highest BCUT2D eigenvalue weighted by atomic mass is 16.5. The van der Waals surface area contributed by atoms with Crippen molar-refractivity contribution in [1.82, 2.24) is 4.90 Å². The summed E-state index contributed by atoms with van der Waals surface area (Å²) in [4.78, 5) is 12.4. The standard InChI is InChI=1S/C6H11NO3/c8-4-3-7-2-1-6(9)10-5-7/h8H,1-5H2. The van der Waals surface area contributed by atoms with Gasteiger partial charge in [0.05, 0.1) is 13.0 Å². The molecule has 0 spiro atoms. The fourth-order valence-electron chi connectivity index (χ4n) is 0.867. The van der Waals surface area contributed by atoms with E-state index in [-0.39, 0.29) is 12.6 Å². The molecule has 0 bridgehead atoms. The zero-order valence-electron chi connectivity index (χ0n) is 5.75. The van der Waals surface area contributed by atoms with E-state index in [2.05, 4.69) is 0 Å². The number of hydrogen-bond acceptors (Lipinski definition) is 4. The van der Waals surface area contributed by atoms with Gasteiger partial charge in [0.1, 0.15) is 6.73 Å². The van der Waals surface area contributed by atoms with Crippen LogP contribution in [0.5, 0.6) is 0 Å². The molecule has 4 nitrogen and oxygen atoms in total. The van der Waals surface area contributed by atoms with Crippen molar-refractivity contribution in [3.05, 3.63) is 0 Å². The first-order valence-corrected chi connectivity index (χ1v) is 3.32. The Balaban J connectivity index is 2.19. The van der Waals surface area contributed by atoms with E-state index in [1.807, 2.05) is 4.90 Å². The minimum atomic E-state index is -0.144. The van der Waals surface area contributed by atoms with Gasteiger partial charge in [-0.1, -0.05) is 0 Å². The molecule has 1 N–H and O–H groups in total. The molecule has 0 aromatic carbocycles. The summed E-state index contributed by atoms with van der Waals surface area (Å²) in [5, 5.41) is 8.50. The summed E-state index contributed by atoms with van der Waals surface area (Å²) in [6.07, 6.45) is 0.444. The number of rotatable bonds is 2. The van der Waals surface area contributed by atoms with E-state index >= 15 is 0 Å². The van der Waals surface area contributed by atoms with Crippen LogP contribution in [-0.4, -0.2) is 42.4 Å². The van der Waals surface area contributed by atoms with Crippen LogP contribution in [0.4, 0.5) is 0 Å². The lowest BCUT2D eigenvalue weighted by Gasteiger charge is -2.24. The van der Waals surface area contributed by atoms with E-state index in [1.165, 1.54) is 0 Å². The topological polar surface area (TPSA) is 49.8 Å². The highest BCUT2D eigenvalue weighted by molar-refractivity contribution is 5.70. The molecule has 58 valence electrons. The minimum Gasteiger partial charge on any atom is -0.449 e. The van der Waals surface area contributed by atoms with Crippen molar-refractivity contribution in [2.45, 2.75) is 6.42 Å². The first-order chi connectivity index (χ1) is 4.83. The Bertz CT molecular complexity index is 116. The van der Waals surface area contributed by atoms with Crippen LogP contribution in [0.15, 0.2) is 0 Å². The Morgan fingerprint density at radius 3 is 3.00 bits per heavy atom. The second-order valence-corrected chi connectivity index (χ2v) is 2.24. The molecule has 0 aliphatic carbocycles. The normalized spacial score (nSPS) is 20.7. The van der Waals surface area contributed by atoms with Crippen LogP contribution < -0.4 is 0 Å². The monoisotopic (exact) mass is 145 g/mol. The number of carbonyl (C=O) groups excluding carboxylic acids is 1. The molecule has 0 unspecified atom stereocenters. The van der Waals surface area contributed by atoms with Crippen molar-refractivity contribution in [1.29, 1.82) is 0 Å². The molecule has 1 heterocycles. The van der Waals surface area contributed by atoms with E-state index in [0.29, 0.717) is 26.2 Å². The molecule has 1 saturated heterocycles. The van der Waals surface area contributed by atoms with Crippen LogP contribution in [-0.2, 0) is 9.53 Å². The summed E-state index contributed by atoms with van der Waals surface area (Å²) in [5.41, 5.74) is 0. The number of β-amino-alcohol motifs (C(OH)–C–C–N with tert-alkyl or cyclic N) is 1. The Morgan fingerprint density at radius 1 is 1.70 bits per heavy atom. The fraction of sp³-hybridized carbons (Fsp3) is 0.833. The van der Waals surface area contributed by atoms with Crippen molar-refractivity contribution in [2.75, 3.05) is 26.4 Å². The maximum Gasteiger partial charge on any atom is 0.308 e. The number of carbonyl (C=O) groups is 1. The second-order valence-electron chi connectivity index (χ2n) is 2.24. The second kappa shape index (κ2) is 3.53. The van der Waals surface area contributed by atoms with E-state index in [4.69, 9.17) is 9.84 Å². The molecule has 1 rings (SSSR count). The Kier molecular flexibility index (Phi) is 2.65. The molecule has 1 aliphatic heterocycles. The first kappa shape index (κ1) is 7.50. The molecule has 1 aliphatic rings. The third-order valence-electron chi connectivity index (χ3n) is 1.46. The Morgan fingerprint density at radius 2 is 2.50 bits per heavy atom. The fourth-order valence-corrected chi connectivity index (χ4v) is 0.867. The van der Waals surface area contributed by atoms with Crippen molar-refractivity contribution < 1.29 is 14.6 Å². The Hall–Kier alpha value is -0.610. The zero-order valence-corrected chi connectivity index (χ0v) is 5.75. The maximum absolute atomic E-state index is 10.5. The van der Waals surface area contributed by atoms with Gasteiger partial charge in [0, 0.05) is 13.1 Å². The molecule has 0 saturated carbocycles. The smallest absolute Gasteiger partial charge is 0.308 e. The van der Waals surface area contributed by atoms with E-state index in [1.54, 1.807) is 0 Å². The SMILES string of the molecule is O=C1CCN(CCO)CO1. The van der Waals surface area contributed by atoms with Crippen molar-refractivity contribution >= 4 is 5.97 Å². The highest BCUT2D eigenvalue weighted by Gasteiger charge is 2.15. The minimum absolute atomic E-state index is 0.123. The number of aliphatic hydroxyl groups excluding tert-OH is 1. The maximum atomic E-state index is 10.5. The van der Waals surface area contributed by atoms with Crippen LogP contribution in [0, 0.1) is 0 Å². The average molecular weight is 145 g/mol. The molecule has 4 heteroatoms. The van der Waals surface area contributed by atoms with E-state index < -0.39 is 0 Å². The number of hydrogen-bond donors (Lipinski definition) is 1. The van der Waals surface area contributed by atoms with Gasteiger partial charge in [-0.25, -0.2) is 0 Å². The quantitative estimate of drug-likeness (QED) is 0.516. The summed E-state index contributed by atoms with van der Waals surface area (Å²) < 4.78 is 4.72. The van der Waals surface area contributed by atoms with Gasteiger partial charge in [0.2, 0.25) is 0 Å².